The molecule has 3 nitrogen and oxygen atoms in total. The lowest BCUT2D eigenvalue weighted by Crippen LogP contribution is -2.67. The van der Waals surface area contributed by atoms with Crippen molar-refractivity contribution in [1.29, 1.82) is 0 Å². The fourth-order valence-electron chi connectivity index (χ4n) is 4.13. The number of hydrogen-bond donors (Lipinski definition) is 2. The Morgan fingerprint density at radius 2 is 1.26 bits per heavy atom. The van der Waals surface area contributed by atoms with Gasteiger partial charge in [-0.15, -0.1) is 0 Å². The van der Waals surface area contributed by atoms with Crippen LogP contribution in [0.5, 0.6) is 0 Å². The molecule has 0 bridgehead atoms. The van der Waals surface area contributed by atoms with Gasteiger partial charge < -0.3 is 14.8 Å². The molecule has 0 saturated heterocycles. The Labute approximate surface area is 188 Å². The van der Waals surface area contributed by atoms with Crippen LogP contribution in [0.4, 0.5) is 0 Å². The molecule has 3 aromatic rings. The summed E-state index contributed by atoms with van der Waals surface area (Å²) in [6.45, 7) is 9.78. The summed E-state index contributed by atoms with van der Waals surface area (Å²) in [4.78, 5) is 0. The highest BCUT2D eigenvalue weighted by Gasteiger charge is 2.50. The fourth-order valence-corrected chi connectivity index (χ4v) is 8.70. The lowest BCUT2D eigenvalue weighted by atomic mass is 10.1. The molecule has 0 saturated carbocycles. The van der Waals surface area contributed by atoms with Gasteiger partial charge in [0, 0.05) is 12.6 Å². The summed E-state index contributed by atoms with van der Waals surface area (Å²) in [5.41, 5.74) is 1.20. The van der Waals surface area contributed by atoms with Crippen LogP contribution in [-0.2, 0) is 11.0 Å². The van der Waals surface area contributed by atoms with Gasteiger partial charge in [0.1, 0.15) is 0 Å². The van der Waals surface area contributed by atoms with Gasteiger partial charge >= 0.3 is 0 Å². The summed E-state index contributed by atoms with van der Waals surface area (Å²) < 4.78 is 6.85. The summed E-state index contributed by atoms with van der Waals surface area (Å²) in [5, 5.41) is 16.7. The zero-order chi connectivity index (χ0) is 22.3. The minimum Gasteiger partial charge on any atom is -0.405 e. The highest BCUT2D eigenvalue weighted by molar-refractivity contribution is 6.99. The fraction of sp³-hybridized carbons (Fsp3) is 0.333. The van der Waals surface area contributed by atoms with Crippen LogP contribution in [-0.4, -0.2) is 32.2 Å². The van der Waals surface area contributed by atoms with E-state index in [0.717, 1.165) is 6.54 Å². The van der Waals surface area contributed by atoms with Gasteiger partial charge in [0.05, 0.1) is 12.7 Å². The van der Waals surface area contributed by atoms with Gasteiger partial charge in [0.25, 0.3) is 8.32 Å². The predicted octanol–water partition coefficient (Wildman–Crippen LogP) is 4.10. The molecule has 0 heterocycles. The van der Waals surface area contributed by atoms with E-state index in [0.29, 0.717) is 0 Å². The van der Waals surface area contributed by atoms with E-state index in [1.807, 2.05) is 37.3 Å². The minimum absolute atomic E-state index is 0.0848. The van der Waals surface area contributed by atoms with Crippen LogP contribution in [0.25, 0.3) is 0 Å². The molecule has 4 heteroatoms. The summed E-state index contributed by atoms with van der Waals surface area (Å²) in [5.74, 6) is 0. The topological polar surface area (TPSA) is 41.5 Å². The van der Waals surface area contributed by atoms with Crippen LogP contribution in [0.3, 0.4) is 0 Å². The van der Waals surface area contributed by atoms with Crippen molar-refractivity contribution in [2.24, 2.45) is 0 Å². The van der Waals surface area contributed by atoms with Crippen molar-refractivity contribution in [2.45, 2.75) is 51.4 Å². The lowest BCUT2D eigenvalue weighted by Gasteiger charge is -2.43. The van der Waals surface area contributed by atoms with Crippen molar-refractivity contribution in [3.05, 3.63) is 96.6 Å². The molecule has 0 spiro atoms. The second-order valence-electron chi connectivity index (χ2n) is 9.20. The Morgan fingerprint density at radius 3 is 1.71 bits per heavy atom. The molecule has 0 aliphatic carbocycles. The lowest BCUT2D eigenvalue weighted by molar-refractivity contribution is 0.0738. The molecule has 0 amide bonds. The van der Waals surface area contributed by atoms with Gasteiger partial charge in [-0.3, -0.25) is 0 Å². The van der Waals surface area contributed by atoms with Crippen LogP contribution in [0.2, 0.25) is 5.04 Å². The number of nitrogens with one attached hydrogen (secondary N) is 1. The summed E-state index contributed by atoms with van der Waals surface area (Å²) in [6, 6.07) is 31.3. The predicted molar refractivity (Wildman–Crippen MR) is 132 cm³/mol. The normalized spacial score (nSPS) is 14.2. The molecular weight excluding hydrogens is 398 g/mol. The van der Waals surface area contributed by atoms with Gasteiger partial charge in [-0.05, 0) is 27.9 Å². The second-order valence-corrected chi connectivity index (χ2v) is 13.5. The first-order chi connectivity index (χ1) is 14.8. The van der Waals surface area contributed by atoms with Gasteiger partial charge in [-0.25, -0.2) is 0 Å². The SMILES string of the molecule is C[C@@H](NCc1ccccc1)[C@@H](O)CO[Si](c1ccccc1)(c1ccccc1)C(C)(C)C. The van der Waals surface area contributed by atoms with E-state index in [1.54, 1.807) is 0 Å². The van der Waals surface area contributed by atoms with Crippen molar-refractivity contribution in [3.63, 3.8) is 0 Å². The third-order valence-corrected chi connectivity index (χ3v) is 10.9. The standard InChI is InChI=1S/C27H35NO2Si/c1-22(28-20-23-14-8-5-9-15-23)26(29)21-30-31(27(2,3)4,24-16-10-6-11-17-24)25-18-12-7-13-19-25/h5-19,22,26,28-29H,20-21H2,1-4H3/t22-,26+/m1/s1. The summed E-state index contributed by atoms with van der Waals surface area (Å²) >= 11 is 0. The zero-order valence-corrected chi connectivity index (χ0v) is 20.1. The molecule has 0 fully saturated rings. The van der Waals surface area contributed by atoms with Crippen LogP contribution in [0, 0.1) is 0 Å². The van der Waals surface area contributed by atoms with Crippen LogP contribution in [0.1, 0.15) is 33.3 Å². The number of benzene rings is 3. The zero-order valence-electron chi connectivity index (χ0n) is 19.1. The maximum atomic E-state index is 11.0. The highest BCUT2D eigenvalue weighted by atomic mass is 28.4. The monoisotopic (exact) mass is 433 g/mol. The summed E-state index contributed by atoms with van der Waals surface area (Å²) in [6.07, 6.45) is -0.606. The number of hydrogen-bond acceptors (Lipinski definition) is 3. The Bertz CT molecular complexity index is 871. The van der Waals surface area contributed by atoms with Crippen molar-refractivity contribution in [1.82, 2.24) is 5.32 Å². The molecule has 3 rings (SSSR count). The van der Waals surface area contributed by atoms with Crippen molar-refractivity contribution in [3.8, 4) is 0 Å². The molecule has 31 heavy (non-hydrogen) atoms. The highest BCUT2D eigenvalue weighted by Crippen LogP contribution is 2.36. The van der Waals surface area contributed by atoms with Crippen molar-refractivity contribution < 1.29 is 9.53 Å². The van der Waals surface area contributed by atoms with Gasteiger partial charge in [0.15, 0.2) is 0 Å². The van der Waals surface area contributed by atoms with E-state index < -0.39 is 14.4 Å². The first-order valence-electron chi connectivity index (χ1n) is 11.0. The molecule has 3 aromatic carbocycles. The van der Waals surface area contributed by atoms with E-state index in [4.69, 9.17) is 4.43 Å². The quantitative estimate of drug-likeness (QED) is 0.499. The first-order valence-corrected chi connectivity index (χ1v) is 13.0. The third-order valence-electron chi connectivity index (χ3n) is 5.94. The van der Waals surface area contributed by atoms with Gasteiger partial charge in [-0.1, -0.05) is 112 Å². The molecule has 0 unspecified atom stereocenters. The van der Waals surface area contributed by atoms with Crippen molar-refractivity contribution >= 4 is 18.7 Å². The second kappa shape index (κ2) is 10.4. The number of rotatable bonds is 9. The molecule has 0 radical (unpaired) electrons. The molecule has 2 N–H and O–H groups in total. The third kappa shape index (κ3) is 5.52. The Balaban J connectivity index is 1.82. The molecule has 0 aromatic heterocycles. The molecular formula is C27H35NO2Si. The average Bonchev–Trinajstić information content (AvgIpc) is 2.79. The number of aliphatic hydroxyl groups is 1. The van der Waals surface area contributed by atoms with Gasteiger partial charge in [0.2, 0.25) is 0 Å². The Morgan fingerprint density at radius 1 is 0.806 bits per heavy atom. The maximum absolute atomic E-state index is 11.0. The molecule has 164 valence electrons. The van der Waals surface area contributed by atoms with Crippen LogP contribution < -0.4 is 15.7 Å². The maximum Gasteiger partial charge on any atom is 0.261 e. The molecule has 0 aliphatic heterocycles. The smallest absolute Gasteiger partial charge is 0.261 e. The van der Waals surface area contributed by atoms with E-state index in [2.05, 4.69) is 86.8 Å². The average molecular weight is 434 g/mol. The minimum atomic E-state index is -2.63. The number of aliphatic hydroxyl groups excluding tert-OH is 1. The van der Waals surface area contributed by atoms with E-state index in [-0.39, 0.29) is 17.7 Å². The Kier molecular flexibility index (Phi) is 7.84. The summed E-state index contributed by atoms with van der Waals surface area (Å²) in [7, 11) is -2.63. The molecule has 0 aliphatic rings. The van der Waals surface area contributed by atoms with Crippen LogP contribution in [0.15, 0.2) is 91.0 Å². The largest absolute Gasteiger partial charge is 0.405 e. The van der Waals surface area contributed by atoms with E-state index in [9.17, 15) is 5.11 Å². The van der Waals surface area contributed by atoms with Crippen molar-refractivity contribution in [2.75, 3.05) is 6.61 Å². The Hall–Kier alpha value is -2.24. The van der Waals surface area contributed by atoms with Gasteiger partial charge in [-0.2, -0.15) is 0 Å². The van der Waals surface area contributed by atoms with E-state index in [1.165, 1.54) is 15.9 Å². The van der Waals surface area contributed by atoms with Crippen LogP contribution >= 0.6 is 0 Å². The molecule has 2 atom stereocenters. The van der Waals surface area contributed by atoms with E-state index >= 15 is 0 Å². The first kappa shape index (κ1) is 23.4.